The van der Waals surface area contributed by atoms with E-state index in [0.717, 1.165) is 53.6 Å². The summed E-state index contributed by atoms with van der Waals surface area (Å²) in [5.41, 5.74) is 8.26. The number of nitrogens with zero attached hydrogens (tertiary/aromatic N) is 4. The van der Waals surface area contributed by atoms with E-state index in [-0.39, 0.29) is 29.4 Å². The number of carbonyl (C=O) groups is 3. The minimum atomic E-state index is -0.325. The summed E-state index contributed by atoms with van der Waals surface area (Å²) in [6.07, 6.45) is 5.97. The highest BCUT2D eigenvalue weighted by Gasteiger charge is 2.25. The molecule has 0 fully saturated rings. The number of hydrogen-bond donors (Lipinski definition) is 3. The Labute approximate surface area is 227 Å². The van der Waals surface area contributed by atoms with Crippen LogP contribution in [0, 0.1) is 0 Å². The van der Waals surface area contributed by atoms with Crippen molar-refractivity contribution in [2.75, 3.05) is 22.4 Å². The summed E-state index contributed by atoms with van der Waals surface area (Å²) >= 11 is 8.42. The maximum absolute atomic E-state index is 12.3. The number of hydrazone groups is 1. The number of nitrogens with one attached hydrogen (secondary N) is 3. The van der Waals surface area contributed by atoms with Gasteiger partial charge in [-0.25, -0.2) is 10.1 Å². The number of aromatic nitrogens is 3. The van der Waals surface area contributed by atoms with Crippen molar-refractivity contribution in [1.82, 2.24) is 20.3 Å². The highest BCUT2D eigenvalue weighted by Crippen LogP contribution is 2.39. The first-order valence-electron chi connectivity index (χ1n) is 11.7. The quantitative estimate of drug-likeness (QED) is 0.151. The lowest BCUT2D eigenvalue weighted by molar-refractivity contribution is -0.118. The van der Waals surface area contributed by atoms with E-state index >= 15 is 0 Å². The molecule has 0 bridgehead atoms. The fourth-order valence-electron chi connectivity index (χ4n) is 3.90. The van der Waals surface area contributed by atoms with Crippen LogP contribution in [0.5, 0.6) is 0 Å². The van der Waals surface area contributed by atoms with Gasteiger partial charge in [-0.3, -0.25) is 19.8 Å². The van der Waals surface area contributed by atoms with Gasteiger partial charge in [-0.05, 0) is 42.4 Å². The van der Waals surface area contributed by atoms with Gasteiger partial charge in [-0.15, -0.1) is 33.1 Å². The van der Waals surface area contributed by atoms with Crippen LogP contribution in [0.3, 0.4) is 0 Å². The molecule has 0 spiro atoms. The zero-order valence-corrected chi connectivity index (χ0v) is 22.5. The number of thioether (sulfide) groups is 1. The van der Waals surface area contributed by atoms with Gasteiger partial charge in [-0.1, -0.05) is 42.1 Å². The second-order valence-corrected chi connectivity index (χ2v) is 10.6. The lowest BCUT2D eigenvalue weighted by Crippen LogP contribution is -2.24. The Morgan fingerprint density at radius 3 is 2.70 bits per heavy atom. The zero-order valence-electron chi connectivity index (χ0n) is 20.1. The number of halogens is 1. The van der Waals surface area contributed by atoms with Gasteiger partial charge in [0, 0.05) is 18.2 Å². The Balaban J connectivity index is 1.49. The van der Waals surface area contributed by atoms with E-state index in [1.54, 1.807) is 17.6 Å². The molecule has 194 valence electrons. The number of anilines is 1. The highest BCUT2D eigenvalue weighted by atomic mass is 35.5. The molecule has 2 heterocycles. The van der Waals surface area contributed by atoms with Crippen LogP contribution < -0.4 is 16.2 Å². The fourth-order valence-corrected chi connectivity index (χ4v) is 5.99. The number of rotatable bonds is 10. The van der Waals surface area contributed by atoms with Crippen LogP contribution in [-0.4, -0.2) is 50.4 Å². The summed E-state index contributed by atoms with van der Waals surface area (Å²) in [7, 11) is 0. The highest BCUT2D eigenvalue weighted by molar-refractivity contribution is 7.99. The Bertz CT molecular complexity index is 1310. The van der Waals surface area contributed by atoms with Gasteiger partial charge < -0.3 is 5.32 Å². The molecule has 2 aromatic heterocycles. The third kappa shape index (κ3) is 7.18. The SMILES string of the molecule is CC(=O)Nn1c(Cc2c(NC(=O)CCl)sc3c2CCCC3)nnc1SCC(=O)N/N=C/c1ccccc1. The lowest BCUT2D eigenvalue weighted by Gasteiger charge is -2.14. The number of carbonyl (C=O) groups excluding carboxylic acids is 3. The van der Waals surface area contributed by atoms with Crippen LogP contribution in [0.1, 0.15) is 47.2 Å². The third-order valence-electron chi connectivity index (χ3n) is 5.49. The van der Waals surface area contributed by atoms with Crippen molar-refractivity contribution in [3.05, 3.63) is 57.7 Å². The van der Waals surface area contributed by atoms with Crippen LogP contribution >= 0.6 is 34.7 Å². The molecule has 1 aliphatic carbocycles. The maximum atomic E-state index is 12.3. The third-order valence-corrected chi connectivity index (χ3v) is 7.92. The summed E-state index contributed by atoms with van der Waals surface area (Å²) in [6.45, 7) is 1.39. The number of amides is 3. The van der Waals surface area contributed by atoms with Crippen LogP contribution in [0.25, 0.3) is 0 Å². The normalized spacial score (nSPS) is 12.8. The average Bonchev–Trinajstić information content (AvgIpc) is 3.43. The monoisotopic (exact) mass is 559 g/mol. The molecule has 13 heteroatoms. The molecule has 0 unspecified atom stereocenters. The topological polar surface area (TPSA) is 130 Å². The van der Waals surface area contributed by atoms with E-state index in [1.165, 1.54) is 22.0 Å². The number of thiophene rings is 1. The Morgan fingerprint density at radius 1 is 1.16 bits per heavy atom. The van der Waals surface area contributed by atoms with Gasteiger partial charge in [-0.2, -0.15) is 5.10 Å². The molecule has 3 aromatic rings. The predicted octanol–water partition coefficient (Wildman–Crippen LogP) is 3.32. The molecule has 0 saturated heterocycles. The number of alkyl halides is 1. The van der Waals surface area contributed by atoms with E-state index in [9.17, 15) is 14.4 Å². The summed E-state index contributed by atoms with van der Waals surface area (Å²) in [5, 5.41) is 16.5. The van der Waals surface area contributed by atoms with Crippen LogP contribution in [0.15, 0.2) is 40.6 Å². The van der Waals surface area contributed by atoms with Crippen molar-refractivity contribution >= 4 is 63.6 Å². The van der Waals surface area contributed by atoms with E-state index in [4.69, 9.17) is 11.6 Å². The van der Waals surface area contributed by atoms with Crippen LogP contribution in [-0.2, 0) is 33.6 Å². The number of fused-ring (bicyclic) bond motifs is 1. The summed E-state index contributed by atoms with van der Waals surface area (Å²) in [5.74, 6) is -0.525. The molecule has 0 saturated carbocycles. The Morgan fingerprint density at radius 2 is 1.95 bits per heavy atom. The summed E-state index contributed by atoms with van der Waals surface area (Å²) in [4.78, 5) is 37.5. The van der Waals surface area contributed by atoms with Crippen LogP contribution in [0.4, 0.5) is 5.00 Å². The zero-order chi connectivity index (χ0) is 26.2. The maximum Gasteiger partial charge on any atom is 0.250 e. The van der Waals surface area contributed by atoms with E-state index in [1.807, 2.05) is 30.3 Å². The van der Waals surface area contributed by atoms with E-state index < -0.39 is 0 Å². The molecular weight excluding hydrogens is 534 g/mol. The molecular formula is C24H26ClN7O3S2. The minimum Gasteiger partial charge on any atom is -0.316 e. The Hall–Kier alpha value is -3.22. The standard InChI is InChI=1S/C24H26ClN7O3S2/c1-15(33)31-32-20(11-18-17-9-5-6-10-19(17)37-23(18)27-21(34)12-25)28-30-24(32)36-14-22(35)29-26-13-16-7-3-2-4-8-16/h2-4,7-8,13H,5-6,9-12,14H2,1H3,(H,27,34)(H,29,35)(H,31,33)/b26-13+. The molecule has 0 aliphatic heterocycles. The van der Waals surface area contributed by atoms with E-state index in [2.05, 4.69) is 31.5 Å². The first-order chi connectivity index (χ1) is 17.9. The smallest absolute Gasteiger partial charge is 0.250 e. The van der Waals surface area contributed by atoms with Crippen molar-refractivity contribution in [2.45, 2.75) is 44.2 Å². The van der Waals surface area contributed by atoms with Gasteiger partial charge in [0.1, 0.15) is 5.88 Å². The molecule has 0 radical (unpaired) electrons. The van der Waals surface area contributed by atoms with Crippen molar-refractivity contribution in [2.24, 2.45) is 5.10 Å². The fraction of sp³-hybridized carbons (Fsp3) is 0.333. The van der Waals surface area contributed by atoms with Crippen molar-refractivity contribution in [3.63, 3.8) is 0 Å². The second kappa shape index (κ2) is 12.8. The molecule has 37 heavy (non-hydrogen) atoms. The number of benzene rings is 1. The lowest BCUT2D eigenvalue weighted by atomic mass is 9.94. The molecule has 4 rings (SSSR count). The summed E-state index contributed by atoms with van der Waals surface area (Å²) in [6, 6.07) is 9.41. The number of hydrogen-bond acceptors (Lipinski definition) is 8. The summed E-state index contributed by atoms with van der Waals surface area (Å²) < 4.78 is 1.49. The van der Waals surface area contributed by atoms with Gasteiger partial charge in [0.2, 0.25) is 17.0 Å². The van der Waals surface area contributed by atoms with E-state index in [0.29, 0.717) is 17.4 Å². The Kier molecular flexibility index (Phi) is 9.31. The molecule has 3 amide bonds. The van der Waals surface area contributed by atoms with Crippen molar-refractivity contribution in [1.29, 1.82) is 0 Å². The molecule has 3 N–H and O–H groups in total. The van der Waals surface area contributed by atoms with Gasteiger partial charge in [0.15, 0.2) is 5.82 Å². The number of aryl methyl sites for hydroxylation is 1. The van der Waals surface area contributed by atoms with Crippen molar-refractivity contribution in [3.8, 4) is 0 Å². The first-order valence-corrected chi connectivity index (χ1v) is 14.0. The first kappa shape index (κ1) is 26.8. The van der Waals surface area contributed by atoms with Gasteiger partial charge in [0.05, 0.1) is 17.0 Å². The molecule has 10 nitrogen and oxygen atoms in total. The van der Waals surface area contributed by atoms with Crippen molar-refractivity contribution < 1.29 is 14.4 Å². The molecule has 1 aromatic carbocycles. The molecule has 1 aliphatic rings. The average molecular weight is 560 g/mol. The van der Waals surface area contributed by atoms with Gasteiger partial charge in [0.25, 0.3) is 5.91 Å². The second-order valence-electron chi connectivity index (χ2n) is 8.27. The largest absolute Gasteiger partial charge is 0.316 e. The minimum absolute atomic E-state index is 0.0225. The van der Waals surface area contributed by atoms with Crippen LogP contribution in [0.2, 0.25) is 0 Å². The van der Waals surface area contributed by atoms with Gasteiger partial charge >= 0.3 is 0 Å². The molecule has 0 atom stereocenters. The predicted molar refractivity (Wildman–Crippen MR) is 146 cm³/mol.